The third-order valence-electron chi connectivity index (χ3n) is 3.17. The van der Waals surface area contributed by atoms with E-state index in [1.165, 1.54) is 19.3 Å². The highest BCUT2D eigenvalue weighted by molar-refractivity contribution is 4.98. The summed E-state index contributed by atoms with van der Waals surface area (Å²) >= 11 is 0. The van der Waals surface area contributed by atoms with Gasteiger partial charge in [-0.3, -0.25) is 0 Å². The minimum absolute atomic E-state index is 0.367. The number of nitrogens with two attached hydrogens (primary N) is 1. The maximum absolute atomic E-state index is 5.90. The Morgan fingerprint density at radius 1 is 1.37 bits per heavy atom. The number of rotatable bonds is 9. The van der Waals surface area contributed by atoms with E-state index in [2.05, 4.69) is 24.0 Å². The number of aromatic nitrogens is 2. The van der Waals surface area contributed by atoms with Gasteiger partial charge in [0.2, 0.25) is 0 Å². The van der Waals surface area contributed by atoms with Crippen molar-refractivity contribution in [3.63, 3.8) is 0 Å². The summed E-state index contributed by atoms with van der Waals surface area (Å²) in [6.07, 6.45) is 4.85. The lowest BCUT2D eigenvalue weighted by atomic mass is 10.0. The first-order valence-electron chi connectivity index (χ1n) is 7.17. The van der Waals surface area contributed by atoms with E-state index < -0.39 is 5.54 Å². The lowest BCUT2D eigenvalue weighted by molar-refractivity contribution is 0.0648. The van der Waals surface area contributed by atoms with Crippen LogP contribution in [0.1, 0.15) is 65.1 Å². The van der Waals surface area contributed by atoms with Crippen molar-refractivity contribution < 1.29 is 9.26 Å². The van der Waals surface area contributed by atoms with Crippen LogP contribution in [0.2, 0.25) is 0 Å². The zero-order valence-electron chi connectivity index (χ0n) is 12.6. The molecule has 0 amide bonds. The van der Waals surface area contributed by atoms with Crippen molar-refractivity contribution in [3.8, 4) is 0 Å². The predicted molar refractivity (Wildman–Crippen MR) is 74.5 cm³/mol. The second-order valence-corrected chi connectivity index (χ2v) is 5.67. The van der Waals surface area contributed by atoms with Crippen molar-refractivity contribution in [1.29, 1.82) is 0 Å². The Labute approximate surface area is 115 Å². The molecule has 0 saturated carbocycles. The predicted octanol–water partition coefficient (Wildman–Crippen LogP) is 3.00. The maximum Gasteiger partial charge on any atom is 0.252 e. The van der Waals surface area contributed by atoms with Crippen LogP contribution >= 0.6 is 0 Å². The van der Waals surface area contributed by atoms with Crippen LogP contribution in [0, 0.1) is 5.92 Å². The molecule has 1 atom stereocenters. The highest BCUT2D eigenvalue weighted by Gasteiger charge is 2.21. The molecule has 19 heavy (non-hydrogen) atoms. The Morgan fingerprint density at radius 2 is 2.11 bits per heavy atom. The molecule has 0 saturated heterocycles. The molecule has 0 bridgehead atoms. The van der Waals surface area contributed by atoms with Gasteiger partial charge in [0.15, 0.2) is 5.82 Å². The molecule has 5 heteroatoms. The fourth-order valence-corrected chi connectivity index (χ4v) is 1.79. The monoisotopic (exact) mass is 269 g/mol. The zero-order valence-corrected chi connectivity index (χ0v) is 12.6. The fourth-order valence-electron chi connectivity index (χ4n) is 1.79. The first-order valence-corrected chi connectivity index (χ1v) is 7.17. The third kappa shape index (κ3) is 5.70. The van der Waals surface area contributed by atoms with Crippen molar-refractivity contribution in [2.75, 3.05) is 6.61 Å². The average Bonchev–Trinajstić information content (AvgIpc) is 2.82. The SMILES string of the molecule is CCCCC(CC)COCc1nc(C(C)(C)N)no1. The second-order valence-electron chi connectivity index (χ2n) is 5.67. The first-order chi connectivity index (χ1) is 8.97. The van der Waals surface area contributed by atoms with Crippen LogP contribution in [-0.2, 0) is 16.9 Å². The minimum Gasteiger partial charge on any atom is -0.371 e. The quantitative estimate of drug-likeness (QED) is 0.746. The molecule has 1 rings (SSSR count). The summed E-state index contributed by atoms with van der Waals surface area (Å²) in [6, 6.07) is 0. The van der Waals surface area contributed by atoms with Gasteiger partial charge in [0, 0.05) is 0 Å². The number of hydrogen-bond acceptors (Lipinski definition) is 5. The second kappa shape index (κ2) is 7.60. The topological polar surface area (TPSA) is 74.2 Å². The van der Waals surface area contributed by atoms with E-state index in [-0.39, 0.29) is 0 Å². The summed E-state index contributed by atoms with van der Waals surface area (Å²) in [6.45, 7) is 9.22. The van der Waals surface area contributed by atoms with E-state index in [4.69, 9.17) is 15.0 Å². The van der Waals surface area contributed by atoms with Gasteiger partial charge >= 0.3 is 0 Å². The molecule has 0 aliphatic rings. The molecule has 1 aromatic rings. The summed E-state index contributed by atoms with van der Waals surface area (Å²) in [5.41, 5.74) is 5.32. The van der Waals surface area contributed by atoms with Crippen LogP contribution in [0.4, 0.5) is 0 Å². The third-order valence-corrected chi connectivity index (χ3v) is 3.17. The number of ether oxygens (including phenoxy) is 1. The Hall–Kier alpha value is -0.940. The van der Waals surface area contributed by atoms with E-state index >= 15 is 0 Å². The molecule has 1 heterocycles. The van der Waals surface area contributed by atoms with Crippen LogP contribution in [0.15, 0.2) is 4.52 Å². The summed E-state index contributed by atoms with van der Waals surface area (Å²) in [4.78, 5) is 4.24. The molecule has 110 valence electrons. The molecule has 1 unspecified atom stereocenters. The Bertz CT molecular complexity index is 358. The van der Waals surface area contributed by atoms with E-state index in [9.17, 15) is 0 Å². The van der Waals surface area contributed by atoms with Gasteiger partial charge in [-0.1, -0.05) is 38.3 Å². The van der Waals surface area contributed by atoms with Crippen molar-refractivity contribution >= 4 is 0 Å². The number of nitrogens with zero attached hydrogens (tertiary/aromatic N) is 2. The smallest absolute Gasteiger partial charge is 0.252 e. The van der Waals surface area contributed by atoms with Crippen LogP contribution in [0.25, 0.3) is 0 Å². The zero-order chi connectivity index (χ0) is 14.3. The largest absolute Gasteiger partial charge is 0.371 e. The van der Waals surface area contributed by atoms with Crippen LogP contribution in [-0.4, -0.2) is 16.7 Å². The van der Waals surface area contributed by atoms with Crippen molar-refractivity contribution in [2.24, 2.45) is 11.7 Å². The molecule has 5 nitrogen and oxygen atoms in total. The van der Waals surface area contributed by atoms with E-state index in [0.717, 1.165) is 13.0 Å². The van der Waals surface area contributed by atoms with E-state index in [0.29, 0.717) is 24.2 Å². The Morgan fingerprint density at radius 3 is 2.63 bits per heavy atom. The fraction of sp³-hybridized carbons (Fsp3) is 0.857. The van der Waals surface area contributed by atoms with Crippen molar-refractivity contribution in [2.45, 2.75) is 65.5 Å². The standard InChI is InChI=1S/C14H27N3O2/c1-5-7-8-11(6-2)9-18-10-12-16-13(17-19-12)14(3,4)15/h11H,5-10,15H2,1-4H3. The molecule has 0 aliphatic carbocycles. The lowest BCUT2D eigenvalue weighted by Crippen LogP contribution is -2.30. The molecule has 0 radical (unpaired) electrons. The molecule has 0 fully saturated rings. The normalized spacial score (nSPS) is 13.7. The van der Waals surface area contributed by atoms with Crippen molar-refractivity contribution in [1.82, 2.24) is 10.1 Å². The van der Waals surface area contributed by atoms with Gasteiger partial charge in [0.25, 0.3) is 5.89 Å². The summed E-state index contributed by atoms with van der Waals surface area (Å²) in [7, 11) is 0. The summed E-state index contributed by atoms with van der Waals surface area (Å²) in [5, 5.41) is 3.86. The minimum atomic E-state index is -0.575. The Kier molecular flexibility index (Phi) is 6.45. The van der Waals surface area contributed by atoms with Gasteiger partial charge < -0.3 is 15.0 Å². The van der Waals surface area contributed by atoms with Gasteiger partial charge in [-0.2, -0.15) is 4.98 Å². The molecular formula is C14H27N3O2. The van der Waals surface area contributed by atoms with Gasteiger partial charge in [0.1, 0.15) is 6.61 Å². The summed E-state index contributed by atoms with van der Waals surface area (Å²) in [5.74, 6) is 1.64. The van der Waals surface area contributed by atoms with Crippen LogP contribution < -0.4 is 5.73 Å². The van der Waals surface area contributed by atoms with Gasteiger partial charge in [-0.05, 0) is 26.2 Å². The van der Waals surface area contributed by atoms with Gasteiger partial charge in [-0.15, -0.1) is 0 Å². The molecule has 1 aromatic heterocycles. The summed E-state index contributed by atoms with van der Waals surface area (Å²) < 4.78 is 10.8. The van der Waals surface area contributed by atoms with Gasteiger partial charge in [0.05, 0.1) is 12.1 Å². The number of unbranched alkanes of at least 4 members (excludes halogenated alkanes) is 1. The van der Waals surface area contributed by atoms with E-state index in [1.54, 1.807) is 0 Å². The van der Waals surface area contributed by atoms with Crippen LogP contribution in [0.3, 0.4) is 0 Å². The molecule has 0 spiro atoms. The highest BCUT2D eigenvalue weighted by Crippen LogP contribution is 2.15. The Balaban J connectivity index is 2.34. The molecule has 0 aromatic carbocycles. The number of hydrogen-bond donors (Lipinski definition) is 1. The molecular weight excluding hydrogens is 242 g/mol. The first kappa shape index (κ1) is 16.1. The average molecular weight is 269 g/mol. The molecule has 0 aliphatic heterocycles. The molecule has 2 N–H and O–H groups in total. The van der Waals surface area contributed by atoms with Crippen molar-refractivity contribution in [3.05, 3.63) is 11.7 Å². The lowest BCUT2D eigenvalue weighted by Gasteiger charge is -2.13. The van der Waals surface area contributed by atoms with Gasteiger partial charge in [-0.25, -0.2) is 0 Å². The highest BCUT2D eigenvalue weighted by atomic mass is 16.5. The van der Waals surface area contributed by atoms with E-state index in [1.807, 2.05) is 13.8 Å². The maximum atomic E-state index is 5.90. The van der Waals surface area contributed by atoms with Crippen LogP contribution in [0.5, 0.6) is 0 Å².